The molecule has 0 aromatic rings. The predicted molar refractivity (Wildman–Crippen MR) is 69.2 cm³/mol. The van der Waals surface area contributed by atoms with Crippen molar-refractivity contribution in [3.8, 4) is 0 Å². The third-order valence-electron chi connectivity index (χ3n) is 4.19. The highest BCUT2D eigenvalue weighted by molar-refractivity contribution is 5.68. The minimum atomic E-state index is -0.321. The minimum absolute atomic E-state index is 0.230. The molecule has 1 aliphatic carbocycles. The van der Waals surface area contributed by atoms with Crippen molar-refractivity contribution in [1.82, 2.24) is 4.90 Å². The molecule has 0 N–H and O–H groups in total. The van der Waals surface area contributed by atoms with Crippen LogP contribution in [0.25, 0.3) is 0 Å². The van der Waals surface area contributed by atoms with E-state index in [0.29, 0.717) is 37.5 Å². The lowest BCUT2D eigenvalue weighted by Gasteiger charge is -2.46. The number of esters is 1. The van der Waals surface area contributed by atoms with Gasteiger partial charge in [-0.2, -0.15) is 0 Å². The Bertz CT molecular complexity index is 354. The maximum atomic E-state index is 11.7. The van der Waals surface area contributed by atoms with Crippen molar-refractivity contribution in [2.24, 2.45) is 17.8 Å². The van der Waals surface area contributed by atoms with E-state index in [1.54, 1.807) is 4.90 Å². The molecule has 0 spiro atoms. The molecule has 5 heteroatoms. The fraction of sp³-hybridized carbons (Fsp3) is 0.714. The molecule has 2 atom stereocenters. The van der Waals surface area contributed by atoms with Crippen molar-refractivity contribution in [1.29, 1.82) is 0 Å². The predicted octanol–water partition coefficient (Wildman–Crippen LogP) is 2.18. The van der Waals surface area contributed by atoms with Crippen LogP contribution in [-0.4, -0.2) is 36.7 Å². The number of hydrogen-bond acceptors (Lipinski definition) is 4. The summed E-state index contributed by atoms with van der Waals surface area (Å²) in [7, 11) is 0. The molecule has 1 saturated carbocycles. The zero-order valence-electron chi connectivity index (χ0n) is 11.3. The monoisotopic (exact) mass is 267 g/mol. The number of amides is 1. The number of fused-ring (bicyclic) bond motifs is 2. The Balaban J connectivity index is 1.98. The Labute approximate surface area is 113 Å². The van der Waals surface area contributed by atoms with E-state index in [1.165, 1.54) is 19.6 Å². The third-order valence-corrected chi connectivity index (χ3v) is 4.19. The second kappa shape index (κ2) is 6.08. The Morgan fingerprint density at radius 1 is 1.32 bits per heavy atom. The summed E-state index contributed by atoms with van der Waals surface area (Å²) >= 11 is 0. The number of hydrogen-bond donors (Lipinski definition) is 0. The molecule has 19 heavy (non-hydrogen) atoms. The molecule has 2 bridgehead atoms. The Morgan fingerprint density at radius 2 is 1.95 bits per heavy atom. The summed E-state index contributed by atoms with van der Waals surface area (Å²) in [6.07, 6.45) is 4.21. The first-order chi connectivity index (χ1) is 9.11. The van der Waals surface area contributed by atoms with Crippen LogP contribution >= 0.6 is 0 Å². The first kappa shape index (κ1) is 13.9. The van der Waals surface area contributed by atoms with Gasteiger partial charge in [-0.05, 0) is 24.7 Å². The van der Waals surface area contributed by atoms with E-state index in [1.807, 2.05) is 0 Å². The van der Waals surface area contributed by atoms with Gasteiger partial charge in [0, 0.05) is 25.9 Å². The molecule has 2 aliphatic rings. The summed E-state index contributed by atoms with van der Waals surface area (Å²) in [6.45, 7) is 6.70. The molecule has 0 radical (unpaired) electrons. The van der Waals surface area contributed by atoms with Crippen LogP contribution in [-0.2, 0) is 14.3 Å². The smallest absolute Gasteiger partial charge is 0.414 e. The standard InChI is InChI=1S/C14H21NO4/c1-3-18-14(17)15-7-11-5-4-6-12(8-15)13(11)9-19-10(2)16/h3,11-13H,1,4-9H2,2H3. The fourth-order valence-electron chi connectivity index (χ4n) is 3.33. The molecule has 2 unspecified atom stereocenters. The van der Waals surface area contributed by atoms with Crippen LogP contribution in [0.2, 0.25) is 0 Å². The average Bonchev–Trinajstić information content (AvgIpc) is 2.35. The molecule has 0 aromatic carbocycles. The summed E-state index contributed by atoms with van der Waals surface area (Å²) in [5.41, 5.74) is 0. The first-order valence-corrected chi connectivity index (χ1v) is 6.81. The van der Waals surface area contributed by atoms with E-state index in [-0.39, 0.29) is 12.1 Å². The highest BCUT2D eigenvalue weighted by Crippen LogP contribution is 2.40. The normalized spacial score (nSPS) is 29.5. The van der Waals surface area contributed by atoms with E-state index >= 15 is 0 Å². The van der Waals surface area contributed by atoms with Gasteiger partial charge >= 0.3 is 12.1 Å². The molecule has 106 valence electrons. The highest BCUT2D eigenvalue weighted by Gasteiger charge is 2.41. The van der Waals surface area contributed by atoms with Crippen LogP contribution < -0.4 is 0 Å². The molecule has 1 aliphatic heterocycles. The van der Waals surface area contributed by atoms with Gasteiger partial charge in [0.15, 0.2) is 0 Å². The van der Waals surface area contributed by atoms with Crippen LogP contribution in [0.5, 0.6) is 0 Å². The van der Waals surface area contributed by atoms with Crippen molar-refractivity contribution in [3.63, 3.8) is 0 Å². The second-order valence-electron chi connectivity index (χ2n) is 5.37. The Morgan fingerprint density at radius 3 is 2.47 bits per heavy atom. The Kier molecular flexibility index (Phi) is 4.45. The summed E-state index contributed by atoms with van der Waals surface area (Å²) in [5, 5.41) is 0. The molecule has 2 fully saturated rings. The number of nitrogens with zero attached hydrogens (tertiary/aromatic N) is 1. The maximum Gasteiger partial charge on any atom is 0.414 e. The van der Waals surface area contributed by atoms with Crippen LogP contribution in [0, 0.1) is 17.8 Å². The van der Waals surface area contributed by atoms with Gasteiger partial charge in [0.2, 0.25) is 0 Å². The number of carbonyl (C=O) groups is 2. The topological polar surface area (TPSA) is 55.8 Å². The van der Waals surface area contributed by atoms with Crippen molar-refractivity contribution in [3.05, 3.63) is 12.8 Å². The van der Waals surface area contributed by atoms with Crippen molar-refractivity contribution in [2.75, 3.05) is 19.7 Å². The van der Waals surface area contributed by atoms with Gasteiger partial charge in [-0.1, -0.05) is 13.0 Å². The number of piperidine rings is 1. The minimum Gasteiger partial charge on any atom is -0.466 e. The van der Waals surface area contributed by atoms with Gasteiger partial charge in [0.05, 0.1) is 12.9 Å². The van der Waals surface area contributed by atoms with Crippen LogP contribution in [0.3, 0.4) is 0 Å². The number of ether oxygens (including phenoxy) is 2. The Hall–Kier alpha value is -1.52. The molecular formula is C14H21NO4. The lowest BCUT2D eigenvalue weighted by Crippen LogP contribution is -2.51. The molecule has 1 saturated heterocycles. The number of rotatable bonds is 3. The molecule has 1 amide bonds. The fourth-order valence-corrected chi connectivity index (χ4v) is 3.33. The largest absolute Gasteiger partial charge is 0.466 e. The summed E-state index contributed by atoms with van der Waals surface area (Å²) in [4.78, 5) is 24.4. The van der Waals surface area contributed by atoms with Crippen LogP contribution in [0.1, 0.15) is 26.2 Å². The molecule has 5 nitrogen and oxygen atoms in total. The zero-order valence-corrected chi connectivity index (χ0v) is 11.3. The number of likely N-dealkylation sites (tertiary alicyclic amines) is 1. The molecule has 2 rings (SSSR count). The van der Waals surface area contributed by atoms with E-state index in [2.05, 4.69) is 6.58 Å². The molecule has 0 aromatic heterocycles. The van der Waals surface area contributed by atoms with Gasteiger partial charge in [-0.15, -0.1) is 0 Å². The van der Waals surface area contributed by atoms with Gasteiger partial charge in [0.25, 0.3) is 0 Å². The van der Waals surface area contributed by atoms with Gasteiger partial charge in [0.1, 0.15) is 0 Å². The third kappa shape index (κ3) is 3.28. The van der Waals surface area contributed by atoms with Crippen molar-refractivity contribution >= 4 is 12.1 Å². The molecule has 1 heterocycles. The van der Waals surface area contributed by atoms with Gasteiger partial charge in [-0.25, -0.2) is 4.79 Å². The van der Waals surface area contributed by atoms with Crippen molar-refractivity contribution in [2.45, 2.75) is 26.2 Å². The van der Waals surface area contributed by atoms with Crippen LogP contribution in [0.4, 0.5) is 4.79 Å². The lowest BCUT2D eigenvalue weighted by atomic mass is 9.69. The van der Waals surface area contributed by atoms with Gasteiger partial charge in [-0.3, -0.25) is 4.79 Å². The van der Waals surface area contributed by atoms with Gasteiger partial charge < -0.3 is 14.4 Å². The van der Waals surface area contributed by atoms with Crippen molar-refractivity contribution < 1.29 is 19.1 Å². The quantitative estimate of drug-likeness (QED) is 0.581. The summed E-state index contributed by atoms with van der Waals surface area (Å²) in [5.74, 6) is 0.963. The van der Waals surface area contributed by atoms with E-state index in [0.717, 1.165) is 12.8 Å². The van der Waals surface area contributed by atoms with E-state index < -0.39 is 0 Å². The first-order valence-electron chi connectivity index (χ1n) is 6.81. The van der Waals surface area contributed by atoms with E-state index in [9.17, 15) is 9.59 Å². The summed E-state index contributed by atoms with van der Waals surface area (Å²) < 4.78 is 10.0. The van der Waals surface area contributed by atoms with E-state index in [4.69, 9.17) is 9.47 Å². The SMILES string of the molecule is C=COC(=O)N1CC2CCCC(C1)C2COC(C)=O. The van der Waals surface area contributed by atoms with Crippen LogP contribution in [0.15, 0.2) is 12.8 Å². The average molecular weight is 267 g/mol. The summed E-state index contributed by atoms with van der Waals surface area (Å²) in [6, 6.07) is 0. The maximum absolute atomic E-state index is 11.7. The number of carbonyl (C=O) groups excluding carboxylic acids is 2. The highest BCUT2D eigenvalue weighted by atomic mass is 16.5. The second-order valence-corrected chi connectivity index (χ2v) is 5.37. The molecular weight excluding hydrogens is 246 g/mol. The zero-order chi connectivity index (χ0) is 13.8. The lowest BCUT2D eigenvalue weighted by molar-refractivity contribution is -0.145.